The number of nitrogens with zero attached hydrogens (tertiary/aromatic N) is 2. The van der Waals surface area contributed by atoms with E-state index in [0.717, 1.165) is 0 Å². The van der Waals surface area contributed by atoms with Gasteiger partial charge in [-0.15, -0.1) is 0 Å². The molecule has 0 aromatic carbocycles. The highest BCUT2D eigenvalue weighted by Crippen LogP contribution is 1.96. The molecule has 0 aliphatic heterocycles. The topological polar surface area (TPSA) is 81.1 Å². The van der Waals surface area contributed by atoms with Gasteiger partial charge < -0.3 is 10.8 Å². The van der Waals surface area contributed by atoms with Crippen molar-refractivity contribution < 1.29 is 5.11 Å². The summed E-state index contributed by atoms with van der Waals surface area (Å²) >= 11 is 0. The molecule has 0 saturated carbocycles. The molecule has 72 valence electrons. The zero-order chi connectivity index (χ0) is 9.84. The van der Waals surface area contributed by atoms with Crippen molar-refractivity contribution in [3.8, 4) is 0 Å². The van der Waals surface area contributed by atoms with Gasteiger partial charge >= 0.3 is 0 Å². The van der Waals surface area contributed by atoms with Crippen LogP contribution in [0.15, 0.2) is 16.9 Å². The second-order valence-corrected chi connectivity index (χ2v) is 3.07. The van der Waals surface area contributed by atoms with Crippen molar-refractivity contribution >= 4 is 5.82 Å². The number of nitrogen functional groups attached to an aromatic ring is 1. The summed E-state index contributed by atoms with van der Waals surface area (Å²) in [6.45, 7) is 2.25. The molecule has 1 rings (SSSR count). The van der Waals surface area contributed by atoms with Crippen LogP contribution in [0.1, 0.15) is 6.92 Å². The highest BCUT2D eigenvalue weighted by atomic mass is 16.3. The fourth-order valence-corrected chi connectivity index (χ4v) is 0.948. The molecular weight excluding hydrogens is 170 g/mol. The monoisotopic (exact) mass is 183 g/mol. The summed E-state index contributed by atoms with van der Waals surface area (Å²) in [6.07, 6.45) is 0. The molecule has 1 aromatic heterocycles. The maximum Gasteiger partial charge on any atom is 0.266 e. The van der Waals surface area contributed by atoms with E-state index in [4.69, 9.17) is 10.8 Å². The molecule has 0 bridgehead atoms. The van der Waals surface area contributed by atoms with Crippen molar-refractivity contribution in [1.29, 1.82) is 0 Å². The summed E-state index contributed by atoms with van der Waals surface area (Å²) in [5.41, 5.74) is 5.21. The lowest BCUT2D eigenvalue weighted by Gasteiger charge is -2.08. The fraction of sp³-hybridized carbons (Fsp3) is 0.500. The van der Waals surface area contributed by atoms with E-state index < -0.39 is 0 Å². The number of aliphatic hydroxyl groups is 1. The third-order valence-electron chi connectivity index (χ3n) is 1.68. The molecule has 5 heteroatoms. The standard InChI is InChI=1S/C8H13N3O2/c1-6(5-12)4-11-8(13)3-2-7(9)10-11/h2-3,6,12H,4-5H2,1H3,(H2,9,10). The van der Waals surface area contributed by atoms with Crippen molar-refractivity contribution in [3.63, 3.8) is 0 Å². The van der Waals surface area contributed by atoms with E-state index in [2.05, 4.69) is 5.10 Å². The van der Waals surface area contributed by atoms with Crippen LogP contribution in [0.3, 0.4) is 0 Å². The molecule has 1 atom stereocenters. The molecule has 0 aliphatic rings. The zero-order valence-corrected chi connectivity index (χ0v) is 7.47. The normalized spacial score (nSPS) is 12.8. The predicted octanol–water partition coefficient (Wildman–Crippen LogP) is -0.546. The third kappa shape index (κ3) is 2.55. The van der Waals surface area contributed by atoms with Gasteiger partial charge in [-0.1, -0.05) is 6.92 Å². The Balaban J connectivity index is 2.87. The number of anilines is 1. The lowest BCUT2D eigenvalue weighted by molar-refractivity contribution is 0.217. The van der Waals surface area contributed by atoms with Gasteiger partial charge in [-0.3, -0.25) is 4.79 Å². The van der Waals surface area contributed by atoms with Gasteiger partial charge in [-0.25, -0.2) is 4.68 Å². The van der Waals surface area contributed by atoms with E-state index in [-0.39, 0.29) is 18.1 Å². The van der Waals surface area contributed by atoms with Gasteiger partial charge in [-0.05, 0) is 12.0 Å². The van der Waals surface area contributed by atoms with Crippen molar-refractivity contribution in [2.45, 2.75) is 13.5 Å². The molecule has 0 fully saturated rings. The Morgan fingerprint density at radius 3 is 3.00 bits per heavy atom. The van der Waals surface area contributed by atoms with E-state index in [1.54, 1.807) is 0 Å². The molecule has 5 nitrogen and oxygen atoms in total. The summed E-state index contributed by atoms with van der Waals surface area (Å²) in [4.78, 5) is 11.2. The molecule has 13 heavy (non-hydrogen) atoms. The Bertz CT molecular complexity index is 334. The molecule has 1 heterocycles. The Labute approximate surface area is 75.8 Å². The summed E-state index contributed by atoms with van der Waals surface area (Å²) in [6, 6.07) is 2.83. The highest BCUT2D eigenvalue weighted by Gasteiger charge is 2.03. The number of hydrogen-bond acceptors (Lipinski definition) is 4. The van der Waals surface area contributed by atoms with Gasteiger partial charge in [0.2, 0.25) is 0 Å². The highest BCUT2D eigenvalue weighted by molar-refractivity contribution is 5.23. The van der Waals surface area contributed by atoms with Crippen LogP contribution < -0.4 is 11.3 Å². The quantitative estimate of drug-likeness (QED) is 0.659. The second-order valence-electron chi connectivity index (χ2n) is 3.07. The minimum absolute atomic E-state index is 0.00648. The number of aliphatic hydroxyl groups excluding tert-OH is 1. The van der Waals surface area contributed by atoms with Crippen molar-refractivity contribution in [3.05, 3.63) is 22.5 Å². The van der Waals surface area contributed by atoms with Gasteiger partial charge in [0.1, 0.15) is 5.82 Å². The SMILES string of the molecule is CC(CO)Cn1nc(N)ccc1=O. The lowest BCUT2D eigenvalue weighted by Crippen LogP contribution is -2.26. The number of aromatic nitrogens is 2. The van der Waals surface area contributed by atoms with Crippen LogP contribution in [-0.4, -0.2) is 21.5 Å². The molecule has 0 amide bonds. The van der Waals surface area contributed by atoms with E-state index in [9.17, 15) is 4.79 Å². The number of hydrogen-bond donors (Lipinski definition) is 2. The Morgan fingerprint density at radius 2 is 2.38 bits per heavy atom. The van der Waals surface area contributed by atoms with E-state index in [1.807, 2.05) is 6.92 Å². The average molecular weight is 183 g/mol. The largest absolute Gasteiger partial charge is 0.396 e. The minimum Gasteiger partial charge on any atom is -0.396 e. The van der Waals surface area contributed by atoms with Gasteiger partial charge in [0, 0.05) is 19.2 Å². The van der Waals surface area contributed by atoms with Gasteiger partial charge in [-0.2, -0.15) is 5.10 Å². The minimum atomic E-state index is -0.200. The first-order valence-corrected chi connectivity index (χ1v) is 4.08. The first-order valence-electron chi connectivity index (χ1n) is 4.08. The van der Waals surface area contributed by atoms with E-state index >= 15 is 0 Å². The average Bonchev–Trinajstić information content (AvgIpc) is 2.11. The van der Waals surface area contributed by atoms with Crippen LogP contribution >= 0.6 is 0 Å². The zero-order valence-electron chi connectivity index (χ0n) is 7.47. The van der Waals surface area contributed by atoms with Gasteiger partial charge in [0.15, 0.2) is 0 Å². The van der Waals surface area contributed by atoms with Gasteiger partial charge in [0.25, 0.3) is 5.56 Å². The van der Waals surface area contributed by atoms with E-state index in [0.29, 0.717) is 12.4 Å². The molecule has 1 unspecified atom stereocenters. The summed E-state index contributed by atoms with van der Waals surface area (Å²) in [7, 11) is 0. The van der Waals surface area contributed by atoms with Crippen molar-refractivity contribution in [1.82, 2.24) is 9.78 Å². The molecule has 1 aromatic rings. The third-order valence-corrected chi connectivity index (χ3v) is 1.68. The van der Waals surface area contributed by atoms with Crippen molar-refractivity contribution in [2.24, 2.45) is 5.92 Å². The molecule has 3 N–H and O–H groups in total. The van der Waals surface area contributed by atoms with Crippen LogP contribution in [0, 0.1) is 5.92 Å². The second kappa shape index (κ2) is 4.04. The Kier molecular flexibility index (Phi) is 3.02. The smallest absolute Gasteiger partial charge is 0.266 e. The summed E-state index contributed by atoms with van der Waals surface area (Å²) < 4.78 is 1.26. The summed E-state index contributed by atoms with van der Waals surface area (Å²) in [5, 5.41) is 12.6. The molecule has 0 aliphatic carbocycles. The molecule has 0 saturated heterocycles. The first-order chi connectivity index (χ1) is 6.13. The maximum absolute atomic E-state index is 11.2. The van der Waals surface area contributed by atoms with Crippen LogP contribution in [0.4, 0.5) is 5.82 Å². The lowest BCUT2D eigenvalue weighted by atomic mass is 10.2. The summed E-state index contributed by atoms with van der Waals surface area (Å²) in [5.74, 6) is 0.316. The van der Waals surface area contributed by atoms with Crippen LogP contribution in [0.25, 0.3) is 0 Å². The van der Waals surface area contributed by atoms with Crippen LogP contribution in [0.2, 0.25) is 0 Å². The number of nitrogens with two attached hydrogens (primary N) is 1. The maximum atomic E-state index is 11.2. The Hall–Kier alpha value is -1.36. The number of rotatable bonds is 3. The van der Waals surface area contributed by atoms with Crippen LogP contribution in [-0.2, 0) is 6.54 Å². The van der Waals surface area contributed by atoms with Crippen molar-refractivity contribution in [2.75, 3.05) is 12.3 Å². The first kappa shape index (κ1) is 9.73. The molecular formula is C8H13N3O2. The predicted molar refractivity (Wildman–Crippen MR) is 49.2 cm³/mol. The molecule has 0 radical (unpaired) electrons. The van der Waals surface area contributed by atoms with Crippen LogP contribution in [0.5, 0.6) is 0 Å². The fourth-order valence-electron chi connectivity index (χ4n) is 0.948. The molecule has 0 spiro atoms. The Morgan fingerprint density at radius 1 is 1.69 bits per heavy atom. The van der Waals surface area contributed by atoms with Gasteiger partial charge in [0.05, 0.1) is 0 Å². The van der Waals surface area contributed by atoms with E-state index in [1.165, 1.54) is 16.8 Å².